The lowest BCUT2D eigenvalue weighted by molar-refractivity contribution is 0.669. The fraction of sp³-hybridized carbons (Fsp3) is 0.182. The minimum Gasteiger partial charge on any atom is -0.348 e. The van der Waals surface area contributed by atoms with Crippen molar-refractivity contribution in [3.63, 3.8) is 0 Å². The number of imidazole rings is 1. The predicted molar refractivity (Wildman–Crippen MR) is 65.6 cm³/mol. The Morgan fingerprint density at radius 1 is 1.12 bits per heavy atom. The molecule has 0 aliphatic rings. The van der Waals surface area contributed by atoms with Gasteiger partial charge in [0.1, 0.15) is 5.82 Å². The molecule has 0 unspecified atom stereocenters. The van der Waals surface area contributed by atoms with E-state index in [0.29, 0.717) is 23.1 Å². The van der Waals surface area contributed by atoms with Gasteiger partial charge in [-0.25, -0.2) is 4.98 Å². The maximum absolute atomic E-state index is 5.90. The number of halogens is 2. The van der Waals surface area contributed by atoms with Crippen LogP contribution in [0.25, 0.3) is 0 Å². The summed E-state index contributed by atoms with van der Waals surface area (Å²) in [7, 11) is 0. The summed E-state index contributed by atoms with van der Waals surface area (Å²) in [6.07, 6.45) is 3.53. The Labute approximate surface area is 104 Å². The first-order chi connectivity index (χ1) is 7.74. The van der Waals surface area contributed by atoms with Gasteiger partial charge in [-0.1, -0.05) is 23.2 Å². The van der Waals surface area contributed by atoms with E-state index < -0.39 is 0 Å². The zero-order valence-corrected chi connectivity index (χ0v) is 10.0. The van der Waals surface area contributed by atoms with Crippen LogP contribution in [0, 0.1) is 0 Å². The average molecular weight is 256 g/mol. The maximum Gasteiger partial charge on any atom is 0.120 e. The Balaban J connectivity index is 1.89. The van der Waals surface area contributed by atoms with E-state index in [4.69, 9.17) is 23.2 Å². The first kappa shape index (κ1) is 11.5. The molecule has 0 radical (unpaired) electrons. The Kier molecular flexibility index (Phi) is 3.83. The van der Waals surface area contributed by atoms with Crippen molar-refractivity contribution in [2.45, 2.75) is 13.1 Å². The summed E-state index contributed by atoms with van der Waals surface area (Å²) < 4.78 is 0. The molecule has 3 nitrogen and oxygen atoms in total. The number of hydrogen-bond donors (Lipinski definition) is 2. The number of nitrogens with zero attached hydrogens (tertiary/aromatic N) is 1. The van der Waals surface area contributed by atoms with E-state index in [-0.39, 0.29) is 0 Å². The SMILES string of the molecule is Clc1cc(Cl)cc(CNCc2ncc[nH]2)c1. The van der Waals surface area contributed by atoms with Crippen LogP contribution in [0.4, 0.5) is 0 Å². The van der Waals surface area contributed by atoms with E-state index in [9.17, 15) is 0 Å². The standard InChI is InChI=1S/C11H11Cl2N3/c12-9-3-8(4-10(13)5-9)6-14-7-11-15-1-2-16-11/h1-5,14H,6-7H2,(H,15,16). The number of hydrogen-bond acceptors (Lipinski definition) is 2. The minimum absolute atomic E-state index is 0.655. The number of nitrogens with one attached hydrogen (secondary N) is 2. The van der Waals surface area contributed by atoms with E-state index in [1.165, 1.54) is 0 Å². The third-order valence-corrected chi connectivity index (χ3v) is 2.54. The van der Waals surface area contributed by atoms with Crippen molar-refractivity contribution in [2.75, 3.05) is 0 Å². The normalized spacial score (nSPS) is 10.6. The first-order valence-electron chi connectivity index (χ1n) is 4.88. The van der Waals surface area contributed by atoms with Gasteiger partial charge in [-0.15, -0.1) is 0 Å². The van der Waals surface area contributed by atoms with Gasteiger partial charge in [0.05, 0.1) is 6.54 Å². The molecule has 0 saturated heterocycles. The molecule has 0 amide bonds. The molecule has 0 atom stereocenters. The molecule has 16 heavy (non-hydrogen) atoms. The number of aromatic amines is 1. The van der Waals surface area contributed by atoms with Crippen molar-refractivity contribution in [3.8, 4) is 0 Å². The molecule has 0 aliphatic heterocycles. The molecular formula is C11H11Cl2N3. The van der Waals surface area contributed by atoms with Crippen LogP contribution in [0.1, 0.15) is 11.4 Å². The van der Waals surface area contributed by atoms with Gasteiger partial charge in [0.15, 0.2) is 0 Å². The highest BCUT2D eigenvalue weighted by Crippen LogP contribution is 2.18. The summed E-state index contributed by atoms with van der Waals surface area (Å²) in [5.74, 6) is 0.910. The second-order valence-corrected chi connectivity index (χ2v) is 4.29. The van der Waals surface area contributed by atoms with Crippen molar-refractivity contribution in [1.29, 1.82) is 0 Å². The second kappa shape index (κ2) is 5.34. The van der Waals surface area contributed by atoms with E-state index in [1.54, 1.807) is 18.5 Å². The average Bonchev–Trinajstić information content (AvgIpc) is 2.69. The zero-order valence-electron chi connectivity index (χ0n) is 8.50. The topological polar surface area (TPSA) is 40.7 Å². The highest BCUT2D eigenvalue weighted by atomic mass is 35.5. The third-order valence-electron chi connectivity index (χ3n) is 2.10. The quantitative estimate of drug-likeness (QED) is 0.882. The summed E-state index contributed by atoms with van der Waals surface area (Å²) in [5.41, 5.74) is 1.06. The number of rotatable bonds is 4. The highest BCUT2D eigenvalue weighted by molar-refractivity contribution is 6.34. The van der Waals surface area contributed by atoms with Crippen molar-refractivity contribution in [2.24, 2.45) is 0 Å². The summed E-state index contributed by atoms with van der Waals surface area (Å²) in [6, 6.07) is 5.50. The molecule has 2 rings (SSSR count). The Bertz CT molecular complexity index is 434. The van der Waals surface area contributed by atoms with Crippen LogP contribution in [0.3, 0.4) is 0 Å². The lowest BCUT2D eigenvalue weighted by Gasteiger charge is -2.04. The summed E-state index contributed by atoms with van der Waals surface area (Å²) in [5, 5.41) is 4.56. The number of benzene rings is 1. The Morgan fingerprint density at radius 2 is 1.88 bits per heavy atom. The molecular weight excluding hydrogens is 245 g/mol. The summed E-state index contributed by atoms with van der Waals surface area (Å²) in [6.45, 7) is 1.40. The van der Waals surface area contributed by atoms with Crippen LogP contribution < -0.4 is 5.32 Å². The van der Waals surface area contributed by atoms with E-state index in [1.807, 2.05) is 12.1 Å². The monoisotopic (exact) mass is 255 g/mol. The van der Waals surface area contributed by atoms with E-state index in [0.717, 1.165) is 11.4 Å². The Morgan fingerprint density at radius 3 is 2.50 bits per heavy atom. The minimum atomic E-state index is 0.655. The van der Waals surface area contributed by atoms with Gasteiger partial charge in [0.2, 0.25) is 0 Å². The van der Waals surface area contributed by atoms with Gasteiger partial charge in [0, 0.05) is 29.0 Å². The molecule has 84 valence electrons. The molecule has 1 aromatic carbocycles. The molecule has 1 heterocycles. The van der Waals surface area contributed by atoms with Crippen LogP contribution in [0.2, 0.25) is 10.0 Å². The Hall–Kier alpha value is -1.03. The van der Waals surface area contributed by atoms with Gasteiger partial charge < -0.3 is 10.3 Å². The first-order valence-corrected chi connectivity index (χ1v) is 5.63. The van der Waals surface area contributed by atoms with Crippen molar-refractivity contribution in [3.05, 3.63) is 52.0 Å². The van der Waals surface area contributed by atoms with Crippen LogP contribution in [0.15, 0.2) is 30.6 Å². The molecule has 0 spiro atoms. The fourth-order valence-electron chi connectivity index (χ4n) is 1.43. The predicted octanol–water partition coefficient (Wildman–Crippen LogP) is 3.01. The number of aromatic nitrogens is 2. The van der Waals surface area contributed by atoms with E-state index in [2.05, 4.69) is 15.3 Å². The van der Waals surface area contributed by atoms with E-state index >= 15 is 0 Å². The molecule has 2 aromatic rings. The molecule has 0 fully saturated rings. The molecule has 2 N–H and O–H groups in total. The summed E-state index contributed by atoms with van der Waals surface area (Å²) in [4.78, 5) is 7.13. The van der Waals surface area contributed by atoms with Crippen LogP contribution in [0.5, 0.6) is 0 Å². The lowest BCUT2D eigenvalue weighted by atomic mass is 10.2. The van der Waals surface area contributed by atoms with Crippen LogP contribution in [-0.2, 0) is 13.1 Å². The van der Waals surface area contributed by atoms with Crippen LogP contribution in [-0.4, -0.2) is 9.97 Å². The zero-order chi connectivity index (χ0) is 11.4. The smallest absolute Gasteiger partial charge is 0.120 e. The van der Waals surface area contributed by atoms with Crippen molar-refractivity contribution >= 4 is 23.2 Å². The van der Waals surface area contributed by atoms with Gasteiger partial charge in [-0.3, -0.25) is 0 Å². The lowest BCUT2D eigenvalue weighted by Crippen LogP contribution is -2.13. The molecule has 5 heteroatoms. The van der Waals surface area contributed by atoms with Gasteiger partial charge in [0.25, 0.3) is 0 Å². The third kappa shape index (κ3) is 3.23. The number of H-pyrrole nitrogens is 1. The van der Waals surface area contributed by atoms with Gasteiger partial charge in [-0.2, -0.15) is 0 Å². The van der Waals surface area contributed by atoms with Crippen molar-refractivity contribution < 1.29 is 0 Å². The largest absolute Gasteiger partial charge is 0.348 e. The van der Waals surface area contributed by atoms with Crippen LogP contribution >= 0.6 is 23.2 Å². The van der Waals surface area contributed by atoms with Gasteiger partial charge in [-0.05, 0) is 23.8 Å². The fourth-order valence-corrected chi connectivity index (χ4v) is 2.00. The molecule has 0 saturated carbocycles. The van der Waals surface area contributed by atoms with Gasteiger partial charge >= 0.3 is 0 Å². The highest BCUT2D eigenvalue weighted by Gasteiger charge is 1.99. The molecule has 1 aromatic heterocycles. The molecule has 0 aliphatic carbocycles. The molecule has 0 bridgehead atoms. The maximum atomic E-state index is 5.90. The van der Waals surface area contributed by atoms with Crippen molar-refractivity contribution in [1.82, 2.24) is 15.3 Å². The summed E-state index contributed by atoms with van der Waals surface area (Å²) >= 11 is 11.8. The second-order valence-electron chi connectivity index (χ2n) is 3.42.